The molecule has 1 heterocycles. The second-order valence-corrected chi connectivity index (χ2v) is 4.72. The maximum absolute atomic E-state index is 12.3. The lowest BCUT2D eigenvalue weighted by molar-refractivity contribution is -0.119. The van der Waals surface area contributed by atoms with Crippen molar-refractivity contribution in [3.63, 3.8) is 0 Å². The number of hydrogen-bond acceptors (Lipinski definition) is 5. The summed E-state index contributed by atoms with van der Waals surface area (Å²) in [5.41, 5.74) is 6.33. The van der Waals surface area contributed by atoms with Gasteiger partial charge < -0.3 is 15.3 Å². The number of furan rings is 1. The van der Waals surface area contributed by atoms with Gasteiger partial charge >= 0.3 is 0 Å². The maximum Gasteiger partial charge on any atom is 0.174 e. The van der Waals surface area contributed by atoms with E-state index < -0.39 is 0 Å². The fourth-order valence-corrected chi connectivity index (χ4v) is 2.44. The van der Waals surface area contributed by atoms with Crippen molar-refractivity contribution in [2.75, 3.05) is 12.9 Å². The Bertz CT molecular complexity index is 412. The van der Waals surface area contributed by atoms with Crippen LogP contribution in [0.5, 0.6) is 0 Å². The van der Waals surface area contributed by atoms with Crippen molar-refractivity contribution >= 4 is 23.2 Å². The standard InChI is InChI=1S/C13H19NO3S/c1-3-9(6-7-15)12(16)13(18-2)11(14)10-5-4-8-17-10/h4-5,8-9,15H,3,6-7,14H2,1-2H3/b13-11-. The molecule has 1 rings (SSSR count). The first-order chi connectivity index (χ1) is 8.65. The van der Waals surface area contributed by atoms with Gasteiger partial charge in [0.05, 0.1) is 16.9 Å². The third kappa shape index (κ3) is 3.40. The summed E-state index contributed by atoms with van der Waals surface area (Å²) in [7, 11) is 0. The predicted molar refractivity (Wildman–Crippen MR) is 73.8 cm³/mol. The van der Waals surface area contributed by atoms with Gasteiger partial charge in [-0.15, -0.1) is 11.8 Å². The highest BCUT2D eigenvalue weighted by Crippen LogP contribution is 2.27. The minimum absolute atomic E-state index is 0.00651. The van der Waals surface area contributed by atoms with Gasteiger partial charge in [-0.3, -0.25) is 4.79 Å². The number of carbonyl (C=O) groups excluding carboxylic acids is 1. The van der Waals surface area contributed by atoms with Crippen molar-refractivity contribution in [3.8, 4) is 0 Å². The molecule has 1 atom stereocenters. The van der Waals surface area contributed by atoms with Crippen LogP contribution >= 0.6 is 11.8 Å². The summed E-state index contributed by atoms with van der Waals surface area (Å²) in [6.45, 7) is 1.94. The Labute approximate surface area is 111 Å². The molecule has 0 amide bonds. The Morgan fingerprint density at radius 3 is 2.78 bits per heavy atom. The van der Waals surface area contributed by atoms with Crippen LogP contribution in [0.4, 0.5) is 0 Å². The number of Topliss-reactive ketones (excluding diaryl/α,β-unsaturated/α-hetero) is 1. The fraction of sp³-hybridized carbons (Fsp3) is 0.462. The first-order valence-corrected chi connectivity index (χ1v) is 7.10. The van der Waals surface area contributed by atoms with Crippen LogP contribution in [-0.4, -0.2) is 23.8 Å². The zero-order valence-electron chi connectivity index (χ0n) is 10.7. The molecular weight excluding hydrogens is 250 g/mol. The minimum atomic E-state index is -0.189. The number of aliphatic hydroxyl groups excluding tert-OH is 1. The molecule has 18 heavy (non-hydrogen) atoms. The third-order valence-corrected chi connectivity index (χ3v) is 3.63. The van der Waals surface area contributed by atoms with Crippen molar-refractivity contribution < 1.29 is 14.3 Å². The lowest BCUT2D eigenvalue weighted by Gasteiger charge is -2.14. The van der Waals surface area contributed by atoms with Crippen molar-refractivity contribution in [1.82, 2.24) is 0 Å². The van der Waals surface area contributed by atoms with Crippen LogP contribution in [0.3, 0.4) is 0 Å². The molecule has 0 aliphatic carbocycles. The Hall–Kier alpha value is -1.20. The van der Waals surface area contributed by atoms with E-state index in [0.29, 0.717) is 29.2 Å². The molecule has 4 nitrogen and oxygen atoms in total. The number of ketones is 1. The SMILES string of the molecule is CCC(CCO)C(=O)/C(SC)=C(/N)c1ccco1. The van der Waals surface area contributed by atoms with Gasteiger partial charge in [0.25, 0.3) is 0 Å². The molecule has 0 aliphatic rings. The van der Waals surface area contributed by atoms with Gasteiger partial charge in [-0.25, -0.2) is 0 Å². The lowest BCUT2D eigenvalue weighted by Crippen LogP contribution is -2.18. The number of carbonyl (C=O) groups is 1. The molecule has 0 fully saturated rings. The Morgan fingerprint density at radius 1 is 1.61 bits per heavy atom. The first-order valence-electron chi connectivity index (χ1n) is 5.88. The van der Waals surface area contributed by atoms with E-state index in [9.17, 15) is 4.79 Å². The highest BCUT2D eigenvalue weighted by Gasteiger charge is 2.23. The molecule has 5 heteroatoms. The molecule has 1 aromatic rings. The van der Waals surface area contributed by atoms with E-state index in [0.717, 1.165) is 0 Å². The molecule has 1 unspecified atom stereocenters. The Morgan fingerprint density at radius 2 is 2.33 bits per heavy atom. The molecule has 0 spiro atoms. The molecule has 3 N–H and O–H groups in total. The maximum atomic E-state index is 12.3. The van der Waals surface area contributed by atoms with Gasteiger partial charge in [0.2, 0.25) is 0 Å². The normalized spacial score (nSPS) is 14.2. The summed E-state index contributed by atoms with van der Waals surface area (Å²) in [6, 6.07) is 3.46. The molecule has 100 valence electrons. The van der Waals surface area contributed by atoms with E-state index in [-0.39, 0.29) is 18.3 Å². The van der Waals surface area contributed by atoms with E-state index in [1.165, 1.54) is 18.0 Å². The molecule has 0 saturated heterocycles. The number of aliphatic hydroxyl groups is 1. The summed E-state index contributed by atoms with van der Waals surface area (Å²) in [4.78, 5) is 12.8. The second-order valence-electron chi connectivity index (χ2n) is 3.91. The highest BCUT2D eigenvalue weighted by atomic mass is 32.2. The summed E-state index contributed by atoms with van der Waals surface area (Å²) in [6.07, 6.45) is 4.49. The summed E-state index contributed by atoms with van der Waals surface area (Å²) in [5, 5.41) is 8.97. The zero-order valence-corrected chi connectivity index (χ0v) is 11.5. The minimum Gasteiger partial charge on any atom is -0.463 e. The van der Waals surface area contributed by atoms with Crippen molar-refractivity contribution in [2.45, 2.75) is 19.8 Å². The van der Waals surface area contributed by atoms with Gasteiger partial charge in [0.1, 0.15) is 0 Å². The van der Waals surface area contributed by atoms with Crippen LogP contribution < -0.4 is 5.73 Å². The second kappa shape index (κ2) is 7.28. The van der Waals surface area contributed by atoms with Gasteiger partial charge in [0.15, 0.2) is 11.5 Å². The molecule has 0 bridgehead atoms. The fourth-order valence-electron chi connectivity index (χ4n) is 1.75. The van der Waals surface area contributed by atoms with Crippen molar-refractivity contribution in [2.24, 2.45) is 11.7 Å². The third-order valence-electron chi connectivity index (χ3n) is 2.80. The van der Waals surface area contributed by atoms with Gasteiger partial charge in [0, 0.05) is 12.5 Å². The van der Waals surface area contributed by atoms with E-state index in [2.05, 4.69) is 0 Å². The number of hydrogen-bond donors (Lipinski definition) is 2. The average molecular weight is 269 g/mol. The Balaban J connectivity index is 3.01. The largest absolute Gasteiger partial charge is 0.463 e. The van der Waals surface area contributed by atoms with E-state index in [1.54, 1.807) is 12.1 Å². The first kappa shape index (κ1) is 14.9. The van der Waals surface area contributed by atoms with Crippen LogP contribution in [-0.2, 0) is 4.79 Å². The molecule has 0 aliphatic heterocycles. The smallest absolute Gasteiger partial charge is 0.174 e. The molecular formula is C13H19NO3S. The number of allylic oxidation sites excluding steroid dienone is 1. The summed E-state index contributed by atoms with van der Waals surface area (Å²) in [5.74, 6) is 0.297. The van der Waals surface area contributed by atoms with Gasteiger partial charge in [-0.05, 0) is 31.2 Å². The monoisotopic (exact) mass is 269 g/mol. The van der Waals surface area contributed by atoms with Crippen LogP contribution in [0.2, 0.25) is 0 Å². The van der Waals surface area contributed by atoms with E-state index >= 15 is 0 Å². The van der Waals surface area contributed by atoms with Crippen molar-refractivity contribution in [3.05, 3.63) is 29.1 Å². The predicted octanol–water partition coefficient (Wildman–Crippen LogP) is 2.25. The van der Waals surface area contributed by atoms with Crippen LogP contribution in [0.15, 0.2) is 27.7 Å². The van der Waals surface area contributed by atoms with Gasteiger partial charge in [-0.2, -0.15) is 0 Å². The van der Waals surface area contributed by atoms with Crippen molar-refractivity contribution in [1.29, 1.82) is 0 Å². The number of rotatable bonds is 7. The summed E-state index contributed by atoms with van der Waals surface area (Å²) >= 11 is 1.32. The number of nitrogens with two attached hydrogens (primary N) is 1. The Kier molecular flexibility index (Phi) is 6.01. The van der Waals surface area contributed by atoms with Crippen LogP contribution in [0.1, 0.15) is 25.5 Å². The molecule has 0 aromatic carbocycles. The van der Waals surface area contributed by atoms with Crippen LogP contribution in [0.25, 0.3) is 5.70 Å². The lowest BCUT2D eigenvalue weighted by atomic mass is 9.96. The highest BCUT2D eigenvalue weighted by molar-refractivity contribution is 8.03. The number of thioether (sulfide) groups is 1. The van der Waals surface area contributed by atoms with E-state index in [4.69, 9.17) is 15.3 Å². The zero-order chi connectivity index (χ0) is 13.5. The average Bonchev–Trinajstić information content (AvgIpc) is 2.90. The molecule has 1 aromatic heterocycles. The quantitative estimate of drug-likeness (QED) is 0.742. The summed E-state index contributed by atoms with van der Waals surface area (Å²) < 4.78 is 5.20. The topological polar surface area (TPSA) is 76.5 Å². The molecule has 0 saturated carbocycles. The molecule has 0 radical (unpaired) electrons. The van der Waals surface area contributed by atoms with Gasteiger partial charge in [-0.1, -0.05) is 6.92 Å². The van der Waals surface area contributed by atoms with E-state index in [1.807, 2.05) is 13.2 Å². The van der Waals surface area contributed by atoms with Crippen LogP contribution in [0, 0.1) is 5.92 Å².